The molecule has 0 radical (unpaired) electrons. The van der Waals surface area contributed by atoms with Gasteiger partial charge in [-0.2, -0.15) is 0 Å². The Labute approximate surface area is 199 Å². The average Bonchev–Trinajstić information content (AvgIpc) is 2.74. The maximum absolute atomic E-state index is 13.3. The molecule has 2 aromatic carbocycles. The molecular weight excluding hydrogens is 455 g/mol. The van der Waals surface area contributed by atoms with Gasteiger partial charge in [0, 0.05) is 39.6 Å². The van der Waals surface area contributed by atoms with Crippen LogP contribution in [0.25, 0.3) is 0 Å². The summed E-state index contributed by atoms with van der Waals surface area (Å²) in [6.07, 6.45) is 1.98. The zero-order valence-electron chi connectivity index (χ0n) is 18.1. The average molecular weight is 484 g/mol. The largest absolute Gasteiger partial charge is 0.352 e. The Morgan fingerprint density at radius 1 is 0.935 bits per heavy atom. The van der Waals surface area contributed by atoms with Gasteiger partial charge in [-0.25, -0.2) is 0 Å². The van der Waals surface area contributed by atoms with E-state index in [9.17, 15) is 9.59 Å². The molecule has 0 fully saturated rings. The number of aryl methyl sites for hydroxylation is 1. The summed E-state index contributed by atoms with van der Waals surface area (Å²) in [7, 11) is 0. The van der Waals surface area contributed by atoms with Crippen LogP contribution in [0.3, 0.4) is 0 Å². The van der Waals surface area contributed by atoms with Crippen molar-refractivity contribution in [2.24, 2.45) is 0 Å². The number of carbonyl (C=O) groups excluding carboxylic acids is 2. The molecule has 0 saturated heterocycles. The number of halogens is 3. The summed E-state index contributed by atoms with van der Waals surface area (Å²) >= 11 is 19.0. The molecule has 7 heteroatoms. The van der Waals surface area contributed by atoms with E-state index in [-0.39, 0.29) is 30.8 Å². The molecule has 2 atom stereocenters. The Kier molecular flexibility index (Phi) is 10.1. The van der Waals surface area contributed by atoms with E-state index in [1.807, 2.05) is 39.0 Å². The third-order valence-electron chi connectivity index (χ3n) is 5.34. The fourth-order valence-electron chi connectivity index (χ4n) is 3.30. The van der Waals surface area contributed by atoms with Crippen LogP contribution in [0.15, 0.2) is 42.5 Å². The molecule has 0 aromatic heterocycles. The third-order valence-corrected chi connectivity index (χ3v) is 6.42. The quantitative estimate of drug-likeness (QED) is 0.431. The molecule has 0 spiro atoms. The van der Waals surface area contributed by atoms with Crippen molar-refractivity contribution in [2.45, 2.75) is 65.1 Å². The van der Waals surface area contributed by atoms with Gasteiger partial charge in [-0.05, 0) is 49.9 Å². The fourth-order valence-corrected chi connectivity index (χ4v) is 4.05. The van der Waals surface area contributed by atoms with Crippen LogP contribution in [0, 0.1) is 0 Å². The maximum atomic E-state index is 13.3. The first-order valence-corrected chi connectivity index (χ1v) is 11.7. The van der Waals surface area contributed by atoms with Gasteiger partial charge in [-0.15, -0.1) is 0 Å². The number of amides is 2. The fraction of sp³-hybridized carbons (Fsp3) is 0.417. The highest BCUT2D eigenvalue weighted by Gasteiger charge is 2.30. The lowest BCUT2D eigenvalue weighted by Gasteiger charge is -2.32. The summed E-state index contributed by atoms with van der Waals surface area (Å²) in [6, 6.07) is 12.1. The van der Waals surface area contributed by atoms with E-state index in [1.165, 1.54) is 0 Å². The molecule has 0 unspecified atom stereocenters. The van der Waals surface area contributed by atoms with E-state index < -0.39 is 6.04 Å². The van der Waals surface area contributed by atoms with Crippen LogP contribution >= 0.6 is 34.8 Å². The van der Waals surface area contributed by atoms with Crippen LogP contribution in [0.2, 0.25) is 15.1 Å². The van der Waals surface area contributed by atoms with Crippen LogP contribution in [0.5, 0.6) is 0 Å². The molecule has 4 nitrogen and oxygen atoms in total. The van der Waals surface area contributed by atoms with E-state index in [0.717, 1.165) is 12.0 Å². The first kappa shape index (κ1) is 25.5. The molecule has 2 rings (SSSR count). The summed E-state index contributed by atoms with van der Waals surface area (Å²) in [5, 5.41) is 4.55. The SMILES string of the molecule is CC[C@@H](C)NC(=O)[C@@H](CC)N(Cc1c(Cl)cccc1Cl)C(=O)CCc1ccccc1Cl. The molecule has 0 aliphatic carbocycles. The number of hydrogen-bond donors (Lipinski definition) is 1. The standard InChI is InChI=1S/C24H29Cl3N2O2/c1-4-16(3)28-24(31)22(5-2)29(15-18-20(26)11-8-12-21(18)27)23(30)14-13-17-9-6-7-10-19(17)25/h6-12,16,22H,4-5,13-15H2,1-3H3,(H,28,31)/t16-,22-/m1/s1. The van der Waals surface area contributed by atoms with E-state index in [0.29, 0.717) is 33.5 Å². The van der Waals surface area contributed by atoms with Crippen molar-refractivity contribution in [3.63, 3.8) is 0 Å². The minimum Gasteiger partial charge on any atom is -0.352 e. The van der Waals surface area contributed by atoms with Gasteiger partial charge in [-0.3, -0.25) is 9.59 Å². The molecule has 0 bridgehead atoms. The van der Waals surface area contributed by atoms with Crippen LogP contribution < -0.4 is 5.32 Å². The molecule has 2 aromatic rings. The molecule has 0 aliphatic rings. The normalized spacial score (nSPS) is 12.8. The first-order valence-electron chi connectivity index (χ1n) is 10.5. The molecule has 2 amide bonds. The topological polar surface area (TPSA) is 49.4 Å². The second kappa shape index (κ2) is 12.3. The maximum Gasteiger partial charge on any atom is 0.243 e. The molecule has 1 N–H and O–H groups in total. The van der Waals surface area contributed by atoms with Gasteiger partial charge in [0.05, 0.1) is 0 Å². The number of nitrogens with one attached hydrogen (secondary N) is 1. The Bertz CT molecular complexity index is 884. The molecule has 0 saturated carbocycles. The van der Waals surface area contributed by atoms with Crippen molar-refractivity contribution >= 4 is 46.6 Å². The number of hydrogen-bond acceptors (Lipinski definition) is 2. The molecular formula is C24H29Cl3N2O2. The third kappa shape index (κ3) is 7.13. The summed E-state index contributed by atoms with van der Waals surface area (Å²) in [5.41, 5.74) is 1.53. The Balaban J connectivity index is 2.30. The summed E-state index contributed by atoms with van der Waals surface area (Å²) in [5.74, 6) is -0.326. The second-order valence-electron chi connectivity index (χ2n) is 7.56. The second-order valence-corrected chi connectivity index (χ2v) is 8.78. The van der Waals surface area contributed by atoms with E-state index >= 15 is 0 Å². The van der Waals surface area contributed by atoms with E-state index in [1.54, 1.807) is 29.2 Å². The molecule has 0 aliphatic heterocycles. The van der Waals surface area contributed by atoms with Crippen LogP contribution in [0.1, 0.15) is 51.2 Å². The minimum atomic E-state index is -0.625. The van der Waals surface area contributed by atoms with Crippen molar-refractivity contribution in [3.05, 3.63) is 68.7 Å². The monoisotopic (exact) mass is 482 g/mol. The van der Waals surface area contributed by atoms with Crippen LogP contribution in [-0.4, -0.2) is 28.8 Å². The highest BCUT2D eigenvalue weighted by atomic mass is 35.5. The summed E-state index contributed by atoms with van der Waals surface area (Å²) < 4.78 is 0. The van der Waals surface area contributed by atoms with Crippen molar-refractivity contribution in [3.8, 4) is 0 Å². The van der Waals surface area contributed by atoms with Crippen molar-refractivity contribution in [1.29, 1.82) is 0 Å². The lowest BCUT2D eigenvalue weighted by molar-refractivity contribution is -0.141. The Morgan fingerprint density at radius 2 is 1.55 bits per heavy atom. The van der Waals surface area contributed by atoms with Crippen molar-refractivity contribution in [1.82, 2.24) is 10.2 Å². The lowest BCUT2D eigenvalue weighted by Crippen LogP contribution is -2.50. The highest BCUT2D eigenvalue weighted by Crippen LogP contribution is 2.27. The predicted molar refractivity (Wildman–Crippen MR) is 129 cm³/mol. The van der Waals surface area contributed by atoms with Crippen molar-refractivity contribution < 1.29 is 9.59 Å². The minimum absolute atomic E-state index is 0.0190. The lowest BCUT2D eigenvalue weighted by atomic mass is 10.1. The smallest absolute Gasteiger partial charge is 0.243 e. The zero-order valence-corrected chi connectivity index (χ0v) is 20.4. The molecule has 168 valence electrons. The zero-order chi connectivity index (χ0) is 23.0. The van der Waals surface area contributed by atoms with Gasteiger partial charge in [-0.1, -0.05) is 72.9 Å². The van der Waals surface area contributed by atoms with E-state index in [2.05, 4.69) is 5.32 Å². The number of benzene rings is 2. The molecule has 31 heavy (non-hydrogen) atoms. The number of rotatable bonds is 10. The van der Waals surface area contributed by atoms with Crippen LogP contribution in [-0.2, 0) is 22.6 Å². The van der Waals surface area contributed by atoms with Gasteiger partial charge in [0.2, 0.25) is 11.8 Å². The summed E-state index contributed by atoms with van der Waals surface area (Å²) in [4.78, 5) is 27.9. The Morgan fingerprint density at radius 3 is 2.13 bits per heavy atom. The van der Waals surface area contributed by atoms with Gasteiger partial charge < -0.3 is 10.2 Å². The van der Waals surface area contributed by atoms with Crippen LogP contribution in [0.4, 0.5) is 0 Å². The molecule has 0 heterocycles. The Hall–Kier alpha value is -1.75. The van der Waals surface area contributed by atoms with E-state index in [4.69, 9.17) is 34.8 Å². The van der Waals surface area contributed by atoms with Gasteiger partial charge in [0.1, 0.15) is 6.04 Å². The van der Waals surface area contributed by atoms with Gasteiger partial charge in [0.15, 0.2) is 0 Å². The summed E-state index contributed by atoms with van der Waals surface area (Å²) in [6.45, 7) is 6.00. The first-order chi connectivity index (χ1) is 14.8. The van der Waals surface area contributed by atoms with Gasteiger partial charge in [0.25, 0.3) is 0 Å². The highest BCUT2D eigenvalue weighted by molar-refractivity contribution is 6.36. The van der Waals surface area contributed by atoms with Crippen molar-refractivity contribution in [2.75, 3.05) is 0 Å². The predicted octanol–water partition coefficient (Wildman–Crippen LogP) is 6.30. The van der Waals surface area contributed by atoms with Gasteiger partial charge >= 0.3 is 0 Å². The number of carbonyl (C=O) groups is 2. The number of nitrogens with zero attached hydrogens (tertiary/aromatic N) is 1.